The van der Waals surface area contributed by atoms with E-state index >= 15 is 0 Å². The van der Waals surface area contributed by atoms with Crippen LogP contribution in [0, 0.1) is 0 Å². The van der Waals surface area contributed by atoms with Crippen LogP contribution in [0.5, 0.6) is 0 Å². The Morgan fingerprint density at radius 1 is 1.26 bits per heavy atom. The van der Waals surface area contributed by atoms with Crippen molar-refractivity contribution in [2.45, 2.75) is 19.5 Å². The topological polar surface area (TPSA) is 43.8 Å². The van der Waals surface area contributed by atoms with E-state index in [1.54, 1.807) is 0 Å². The molecule has 0 saturated carbocycles. The lowest BCUT2D eigenvalue weighted by Crippen LogP contribution is -2.04. The SMILES string of the molecule is CC(N)c1ccn(Cc2ccc3ncccc3c2)c1. The fourth-order valence-electron chi connectivity index (χ4n) is 2.26. The zero-order chi connectivity index (χ0) is 13.2. The molecule has 19 heavy (non-hydrogen) atoms. The molecule has 0 aliphatic rings. The standard InChI is InChI=1S/C16H17N3/c1-12(17)15-6-8-19(11-15)10-13-4-5-16-14(9-13)3-2-7-18-16/h2-9,11-12H,10,17H2,1H3. The van der Waals surface area contributed by atoms with Crippen LogP contribution in [0.4, 0.5) is 0 Å². The predicted molar refractivity (Wildman–Crippen MR) is 77.9 cm³/mol. The van der Waals surface area contributed by atoms with Gasteiger partial charge in [-0.05, 0) is 42.3 Å². The number of fused-ring (bicyclic) bond motifs is 1. The van der Waals surface area contributed by atoms with Crippen molar-refractivity contribution >= 4 is 10.9 Å². The third-order valence-electron chi connectivity index (χ3n) is 3.33. The predicted octanol–water partition coefficient (Wildman–Crippen LogP) is 3.10. The van der Waals surface area contributed by atoms with Crippen LogP contribution >= 0.6 is 0 Å². The molecule has 0 radical (unpaired) electrons. The summed E-state index contributed by atoms with van der Waals surface area (Å²) in [5.41, 5.74) is 9.35. The van der Waals surface area contributed by atoms with Crippen molar-refractivity contribution < 1.29 is 0 Å². The number of pyridine rings is 1. The maximum Gasteiger partial charge on any atom is 0.0702 e. The number of nitrogens with zero attached hydrogens (tertiary/aromatic N) is 2. The number of hydrogen-bond donors (Lipinski definition) is 1. The van der Waals surface area contributed by atoms with Gasteiger partial charge < -0.3 is 10.3 Å². The summed E-state index contributed by atoms with van der Waals surface area (Å²) in [4.78, 5) is 4.33. The molecule has 1 atom stereocenters. The van der Waals surface area contributed by atoms with Crippen molar-refractivity contribution in [1.82, 2.24) is 9.55 Å². The van der Waals surface area contributed by atoms with E-state index in [0.717, 1.165) is 12.1 Å². The smallest absolute Gasteiger partial charge is 0.0702 e. The van der Waals surface area contributed by atoms with Crippen molar-refractivity contribution in [2.75, 3.05) is 0 Å². The summed E-state index contributed by atoms with van der Waals surface area (Å²) in [6.45, 7) is 2.86. The Balaban J connectivity index is 1.87. The van der Waals surface area contributed by atoms with E-state index in [2.05, 4.69) is 52.3 Å². The van der Waals surface area contributed by atoms with Crippen LogP contribution in [0.15, 0.2) is 55.0 Å². The highest BCUT2D eigenvalue weighted by Gasteiger charge is 2.03. The van der Waals surface area contributed by atoms with Gasteiger partial charge >= 0.3 is 0 Å². The first-order valence-electron chi connectivity index (χ1n) is 6.47. The van der Waals surface area contributed by atoms with Gasteiger partial charge in [0.2, 0.25) is 0 Å². The Morgan fingerprint density at radius 2 is 2.16 bits per heavy atom. The lowest BCUT2D eigenvalue weighted by Gasteiger charge is -2.05. The van der Waals surface area contributed by atoms with Crippen LogP contribution < -0.4 is 5.73 Å². The maximum absolute atomic E-state index is 5.87. The van der Waals surface area contributed by atoms with Gasteiger partial charge in [-0.1, -0.05) is 12.1 Å². The lowest BCUT2D eigenvalue weighted by molar-refractivity contribution is 0.778. The Kier molecular flexibility index (Phi) is 3.05. The molecule has 2 N–H and O–H groups in total. The van der Waals surface area contributed by atoms with E-state index in [0.29, 0.717) is 0 Å². The number of benzene rings is 1. The minimum atomic E-state index is 0.0852. The zero-order valence-electron chi connectivity index (χ0n) is 11.0. The molecular formula is C16H17N3. The largest absolute Gasteiger partial charge is 0.350 e. The summed E-state index contributed by atoms with van der Waals surface area (Å²) in [6.07, 6.45) is 6.01. The fraction of sp³-hybridized carbons (Fsp3) is 0.188. The monoisotopic (exact) mass is 251 g/mol. The third-order valence-corrected chi connectivity index (χ3v) is 3.33. The number of aromatic nitrogens is 2. The van der Waals surface area contributed by atoms with Crippen LogP contribution in [-0.4, -0.2) is 9.55 Å². The molecule has 0 spiro atoms. The Hall–Kier alpha value is -2.13. The fourth-order valence-corrected chi connectivity index (χ4v) is 2.26. The molecule has 0 fully saturated rings. The van der Waals surface area contributed by atoms with Crippen LogP contribution in [0.25, 0.3) is 10.9 Å². The summed E-state index contributed by atoms with van der Waals surface area (Å²) >= 11 is 0. The van der Waals surface area contributed by atoms with Crippen molar-refractivity contribution in [2.24, 2.45) is 5.73 Å². The third kappa shape index (κ3) is 2.51. The summed E-state index contributed by atoms with van der Waals surface area (Å²) < 4.78 is 2.16. The summed E-state index contributed by atoms with van der Waals surface area (Å²) in [7, 11) is 0. The molecule has 3 nitrogen and oxygen atoms in total. The van der Waals surface area contributed by atoms with E-state index < -0.39 is 0 Å². The van der Waals surface area contributed by atoms with E-state index in [-0.39, 0.29) is 6.04 Å². The van der Waals surface area contributed by atoms with E-state index in [9.17, 15) is 0 Å². The second kappa shape index (κ2) is 4.86. The molecule has 2 heterocycles. The van der Waals surface area contributed by atoms with Crippen LogP contribution in [-0.2, 0) is 6.54 Å². The highest BCUT2D eigenvalue weighted by molar-refractivity contribution is 5.78. The number of rotatable bonds is 3. The normalized spacial score (nSPS) is 12.7. The molecule has 3 aromatic rings. The first-order valence-corrected chi connectivity index (χ1v) is 6.47. The average molecular weight is 251 g/mol. The van der Waals surface area contributed by atoms with Gasteiger partial charge in [0.25, 0.3) is 0 Å². The minimum Gasteiger partial charge on any atom is -0.350 e. The minimum absolute atomic E-state index is 0.0852. The summed E-state index contributed by atoms with van der Waals surface area (Å²) in [5, 5.41) is 1.18. The molecule has 2 aromatic heterocycles. The number of hydrogen-bond acceptors (Lipinski definition) is 2. The van der Waals surface area contributed by atoms with Crippen molar-refractivity contribution in [3.63, 3.8) is 0 Å². The molecule has 0 aliphatic carbocycles. The van der Waals surface area contributed by atoms with Crippen molar-refractivity contribution in [1.29, 1.82) is 0 Å². The van der Waals surface area contributed by atoms with Crippen LogP contribution in [0.1, 0.15) is 24.1 Å². The van der Waals surface area contributed by atoms with E-state index in [4.69, 9.17) is 5.73 Å². The average Bonchev–Trinajstić information content (AvgIpc) is 2.87. The maximum atomic E-state index is 5.87. The molecule has 1 unspecified atom stereocenters. The van der Waals surface area contributed by atoms with Crippen molar-refractivity contribution in [3.05, 3.63) is 66.1 Å². The second-order valence-corrected chi connectivity index (χ2v) is 4.94. The van der Waals surface area contributed by atoms with Gasteiger partial charge in [-0.25, -0.2) is 0 Å². The molecule has 96 valence electrons. The molecular weight excluding hydrogens is 234 g/mol. The van der Waals surface area contributed by atoms with Gasteiger partial charge in [-0.15, -0.1) is 0 Å². The number of nitrogens with two attached hydrogens (primary N) is 1. The second-order valence-electron chi connectivity index (χ2n) is 4.94. The molecule has 3 heteroatoms. The van der Waals surface area contributed by atoms with Gasteiger partial charge in [-0.2, -0.15) is 0 Å². The van der Waals surface area contributed by atoms with Gasteiger partial charge in [0, 0.05) is 36.6 Å². The van der Waals surface area contributed by atoms with Gasteiger partial charge in [0.15, 0.2) is 0 Å². The van der Waals surface area contributed by atoms with Gasteiger partial charge in [0.1, 0.15) is 0 Å². The van der Waals surface area contributed by atoms with Gasteiger partial charge in [-0.3, -0.25) is 4.98 Å². The molecule has 3 rings (SSSR count). The molecule has 0 bridgehead atoms. The highest BCUT2D eigenvalue weighted by Crippen LogP contribution is 2.16. The molecule has 0 aliphatic heterocycles. The van der Waals surface area contributed by atoms with E-state index in [1.807, 2.05) is 19.2 Å². The van der Waals surface area contributed by atoms with Crippen LogP contribution in [0.3, 0.4) is 0 Å². The Bertz CT molecular complexity index is 698. The molecule has 1 aromatic carbocycles. The molecule has 0 amide bonds. The Labute approximate surface area is 112 Å². The Morgan fingerprint density at radius 3 is 2.95 bits per heavy atom. The highest BCUT2D eigenvalue weighted by atomic mass is 14.9. The lowest BCUT2D eigenvalue weighted by atomic mass is 10.1. The van der Waals surface area contributed by atoms with Crippen molar-refractivity contribution in [3.8, 4) is 0 Å². The first-order chi connectivity index (χ1) is 9.22. The molecule has 0 saturated heterocycles. The van der Waals surface area contributed by atoms with Gasteiger partial charge in [0.05, 0.1) is 5.52 Å². The van der Waals surface area contributed by atoms with Crippen LogP contribution in [0.2, 0.25) is 0 Å². The van der Waals surface area contributed by atoms with E-state index in [1.165, 1.54) is 16.5 Å². The zero-order valence-corrected chi connectivity index (χ0v) is 11.0. The summed E-state index contributed by atoms with van der Waals surface area (Å²) in [5.74, 6) is 0. The summed E-state index contributed by atoms with van der Waals surface area (Å²) in [6, 6.07) is 12.6. The quantitative estimate of drug-likeness (QED) is 0.777. The first kappa shape index (κ1) is 11.9.